The van der Waals surface area contributed by atoms with E-state index in [9.17, 15) is 10.1 Å². The summed E-state index contributed by atoms with van der Waals surface area (Å²) in [6.45, 7) is 4.00. The van der Waals surface area contributed by atoms with E-state index in [1.807, 2.05) is 74.5 Å². The van der Waals surface area contributed by atoms with Gasteiger partial charge in [0, 0.05) is 16.5 Å². The Labute approximate surface area is 218 Å². The number of hydrogen-bond acceptors (Lipinski definition) is 7. The van der Waals surface area contributed by atoms with Crippen molar-refractivity contribution in [3.8, 4) is 23.4 Å². The van der Waals surface area contributed by atoms with Gasteiger partial charge in [-0.1, -0.05) is 41.5 Å². The van der Waals surface area contributed by atoms with Gasteiger partial charge in [0.05, 0.1) is 34.9 Å². The van der Waals surface area contributed by atoms with Crippen LogP contribution in [0.4, 0.5) is 0 Å². The summed E-state index contributed by atoms with van der Waals surface area (Å²) < 4.78 is 18.0. The van der Waals surface area contributed by atoms with Crippen LogP contribution in [-0.2, 0) is 0 Å². The SMILES string of the molecule is Cc1ccc(Oc2nc3ccc(C)cc3cc2C2C(CC#N)=C(N)Oc3c2c(=O)oc2ccccc32)cc1. The zero-order valence-electron chi connectivity index (χ0n) is 20.8. The number of pyridine rings is 1. The fraction of sp³-hybridized carbons (Fsp3) is 0.129. The zero-order chi connectivity index (χ0) is 26.4. The lowest BCUT2D eigenvalue weighted by molar-refractivity contribution is 0.379. The highest BCUT2D eigenvalue weighted by Gasteiger charge is 2.37. The van der Waals surface area contributed by atoms with Gasteiger partial charge in [-0.2, -0.15) is 5.26 Å². The molecule has 5 aromatic rings. The second-order valence-corrected chi connectivity index (χ2v) is 9.38. The molecule has 1 atom stereocenters. The van der Waals surface area contributed by atoms with Crippen LogP contribution in [0.3, 0.4) is 0 Å². The van der Waals surface area contributed by atoms with Gasteiger partial charge in [-0.05, 0) is 56.3 Å². The molecule has 1 unspecified atom stereocenters. The first kappa shape index (κ1) is 23.3. The number of rotatable bonds is 4. The minimum absolute atomic E-state index is 0.0575. The van der Waals surface area contributed by atoms with Crippen molar-refractivity contribution >= 4 is 21.9 Å². The van der Waals surface area contributed by atoms with E-state index in [0.29, 0.717) is 39.5 Å². The van der Waals surface area contributed by atoms with Gasteiger partial charge in [-0.25, -0.2) is 9.78 Å². The monoisotopic (exact) mass is 501 g/mol. The van der Waals surface area contributed by atoms with E-state index < -0.39 is 11.5 Å². The topological polar surface area (TPSA) is 111 Å². The number of nitrogens with two attached hydrogens (primary N) is 1. The van der Waals surface area contributed by atoms with E-state index in [2.05, 4.69) is 6.07 Å². The van der Waals surface area contributed by atoms with Crippen molar-refractivity contribution in [1.82, 2.24) is 4.98 Å². The van der Waals surface area contributed by atoms with Gasteiger partial charge in [0.25, 0.3) is 0 Å². The number of aromatic nitrogens is 1. The number of ether oxygens (including phenoxy) is 2. The van der Waals surface area contributed by atoms with Crippen LogP contribution in [-0.4, -0.2) is 4.98 Å². The fourth-order valence-corrected chi connectivity index (χ4v) is 4.91. The van der Waals surface area contributed by atoms with E-state index >= 15 is 0 Å². The Hall–Kier alpha value is -5.09. The number of aryl methyl sites for hydroxylation is 2. The Bertz CT molecular complexity index is 1860. The average molecular weight is 502 g/mol. The van der Waals surface area contributed by atoms with Crippen LogP contribution in [0.15, 0.2) is 93.5 Å². The van der Waals surface area contributed by atoms with Gasteiger partial charge in [-0.3, -0.25) is 0 Å². The van der Waals surface area contributed by atoms with Gasteiger partial charge >= 0.3 is 5.63 Å². The molecule has 0 amide bonds. The van der Waals surface area contributed by atoms with Crippen LogP contribution in [0, 0.1) is 25.2 Å². The molecule has 0 saturated heterocycles. The summed E-state index contributed by atoms with van der Waals surface area (Å²) in [7, 11) is 0. The zero-order valence-corrected chi connectivity index (χ0v) is 20.8. The molecule has 3 heterocycles. The molecule has 186 valence electrons. The van der Waals surface area contributed by atoms with Crippen molar-refractivity contribution in [2.75, 3.05) is 0 Å². The molecule has 3 aromatic carbocycles. The molecule has 2 N–H and O–H groups in total. The first-order valence-corrected chi connectivity index (χ1v) is 12.2. The molecule has 0 saturated carbocycles. The maximum absolute atomic E-state index is 13.5. The van der Waals surface area contributed by atoms with Crippen molar-refractivity contribution in [1.29, 1.82) is 5.26 Å². The molecular weight excluding hydrogens is 478 g/mol. The Morgan fingerprint density at radius 2 is 1.79 bits per heavy atom. The van der Waals surface area contributed by atoms with Gasteiger partial charge < -0.3 is 19.6 Å². The van der Waals surface area contributed by atoms with Gasteiger partial charge in [0.1, 0.15) is 11.3 Å². The molecule has 0 spiro atoms. The molecule has 0 fully saturated rings. The van der Waals surface area contributed by atoms with E-state index in [4.69, 9.17) is 24.6 Å². The van der Waals surface area contributed by atoms with Crippen LogP contribution < -0.4 is 20.8 Å². The van der Waals surface area contributed by atoms with Crippen molar-refractivity contribution in [2.24, 2.45) is 5.73 Å². The number of para-hydroxylation sites is 1. The molecule has 1 aliphatic heterocycles. The smallest absolute Gasteiger partial charge is 0.344 e. The second kappa shape index (κ2) is 9.09. The number of nitrogens with zero attached hydrogens (tertiary/aromatic N) is 2. The molecule has 0 aliphatic carbocycles. The molecule has 0 bridgehead atoms. The summed E-state index contributed by atoms with van der Waals surface area (Å²) in [5.74, 6) is 0.514. The van der Waals surface area contributed by atoms with Gasteiger partial charge in [0.2, 0.25) is 5.88 Å². The predicted molar refractivity (Wildman–Crippen MR) is 144 cm³/mol. The summed E-state index contributed by atoms with van der Waals surface area (Å²) in [5, 5.41) is 11.2. The first-order chi connectivity index (χ1) is 18.4. The average Bonchev–Trinajstić information content (AvgIpc) is 2.90. The summed E-state index contributed by atoms with van der Waals surface area (Å²) in [6.07, 6.45) is -0.0575. The quantitative estimate of drug-likeness (QED) is 0.285. The van der Waals surface area contributed by atoms with E-state index in [-0.39, 0.29) is 17.9 Å². The van der Waals surface area contributed by atoms with Crippen molar-refractivity contribution in [2.45, 2.75) is 26.2 Å². The minimum atomic E-state index is -0.767. The highest BCUT2D eigenvalue weighted by Crippen LogP contribution is 2.47. The van der Waals surface area contributed by atoms with Crippen LogP contribution in [0.2, 0.25) is 0 Å². The first-order valence-electron chi connectivity index (χ1n) is 12.2. The summed E-state index contributed by atoms with van der Waals surface area (Å²) in [4.78, 5) is 18.3. The molecule has 1 aliphatic rings. The Kier molecular flexibility index (Phi) is 5.58. The van der Waals surface area contributed by atoms with Crippen LogP contribution in [0.25, 0.3) is 21.9 Å². The van der Waals surface area contributed by atoms with Crippen LogP contribution >= 0.6 is 0 Å². The molecule has 0 radical (unpaired) electrons. The van der Waals surface area contributed by atoms with Crippen molar-refractivity contribution < 1.29 is 13.9 Å². The standard InChI is InChI=1S/C31H23N3O4/c1-17-7-10-20(11-8-17)36-30-23(16-19-15-18(2)9-12-24(19)34-30)26-22(13-14-32)29(33)38-28-21-5-3-4-6-25(21)37-31(35)27(26)28/h3-12,15-16,26H,13,33H2,1-2H3. The van der Waals surface area contributed by atoms with Crippen LogP contribution in [0.1, 0.15) is 34.6 Å². The van der Waals surface area contributed by atoms with Crippen molar-refractivity contribution in [3.63, 3.8) is 0 Å². The predicted octanol–water partition coefficient (Wildman–Crippen LogP) is 6.36. The lowest BCUT2D eigenvalue weighted by atomic mass is 9.82. The third kappa shape index (κ3) is 3.93. The second-order valence-electron chi connectivity index (χ2n) is 9.38. The maximum Gasteiger partial charge on any atom is 0.344 e. The van der Waals surface area contributed by atoms with Gasteiger partial charge in [0.15, 0.2) is 11.6 Å². The highest BCUT2D eigenvalue weighted by molar-refractivity contribution is 5.86. The number of fused-ring (bicyclic) bond motifs is 4. The Morgan fingerprint density at radius 3 is 2.58 bits per heavy atom. The number of benzene rings is 3. The van der Waals surface area contributed by atoms with E-state index in [0.717, 1.165) is 22.0 Å². The normalized spacial score (nSPS) is 14.7. The molecule has 7 nitrogen and oxygen atoms in total. The Balaban J connectivity index is 1.67. The van der Waals surface area contributed by atoms with Crippen LogP contribution in [0.5, 0.6) is 17.4 Å². The number of allylic oxidation sites excluding steroid dienone is 1. The molecular formula is C31H23N3O4. The third-order valence-electron chi connectivity index (χ3n) is 6.74. The molecule has 38 heavy (non-hydrogen) atoms. The molecule has 7 heteroatoms. The van der Waals surface area contributed by atoms with E-state index in [1.165, 1.54) is 0 Å². The molecule has 6 rings (SSSR count). The third-order valence-corrected chi connectivity index (χ3v) is 6.74. The fourth-order valence-electron chi connectivity index (χ4n) is 4.91. The maximum atomic E-state index is 13.5. The molecule has 2 aromatic heterocycles. The summed E-state index contributed by atoms with van der Waals surface area (Å²) in [6, 6.07) is 24.8. The minimum Gasteiger partial charge on any atom is -0.440 e. The lowest BCUT2D eigenvalue weighted by Crippen LogP contribution is -2.27. The lowest BCUT2D eigenvalue weighted by Gasteiger charge is -2.29. The summed E-state index contributed by atoms with van der Waals surface area (Å²) >= 11 is 0. The largest absolute Gasteiger partial charge is 0.440 e. The Morgan fingerprint density at radius 1 is 1.03 bits per heavy atom. The van der Waals surface area contributed by atoms with E-state index in [1.54, 1.807) is 12.1 Å². The highest BCUT2D eigenvalue weighted by atomic mass is 16.5. The number of hydrogen-bond donors (Lipinski definition) is 1. The number of nitriles is 1. The van der Waals surface area contributed by atoms with Gasteiger partial charge in [-0.15, -0.1) is 0 Å². The summed E-state index contributed by atoms with van der Waals surface area (Å²) in [5.41, 5.74) is 10.4. The van der Waals surface area contributed by atoms with Crippen molar-refractivity contribution in [3.05, 3.63) is 117 Å².